The number of nitrogens with zero attached hydrogens (tertiary/aromatic N) is 4. The minimum atomic E-state index is 0.415. The summed E-state index contributed by atoms with van der Waals surface area (Å²) in [6.07, 6.45) is 5.28. The van der Waals surface area contributed by atoms with Crippen LogP contribution in [0.2, 0.25) is 0 Å². The number of benzene rings is 2. The molecule has 140 valence electrons. The van der Waals surface area contributed by atoms with Crippen molar-refractivity contribution in [2.45, 2.75) is 25.6 Å². The fraction of sp³-hybridized carbons (Fsp3) is 0.250. The third-order valence-electron chi connectivity index (χ3n) is 4.05. The van der Waals surface area contributed by atoms with Crippen molar-refractivity contribution in [3.63, 3.8) is 0 Å². The van der Waals surface area contributed by atoms with E-state index in [4.69, 9.17) is 9.47 Å². The maximum atomic E-state index is 6.04. The highest BCUT2D eigenvalue weighted by atomic mass is 32.2. The van der Waals surface area contributed by atoms with Crippen LogP contribution in [0.25, 0.3) is 0 Å². The van der Waals surface area contributed by atoms with Crippen LogP contribution in [0.3, 0.4) is 0 Å². The molecule has 3 rings (SSSR count). The normalized spacial score (nSPS) is 11.1. The molecular weight excluding hydrogens is 360 g/mol. The van der Waals surface area contributed by atoms with Crippen molar-refractivity contribution in [2.24, 2.45) is 5.10 Å². The van der Waals surface area contributed by atoms with Gasteiger partial charge in [0.05, 0.1) is 13.3 Å². The fourth-order valence-electron chi connectivity index (χ4n) is 2.57. The molecule has 1 heterocycles. The molecule has 0 bridgehead atoms. The zero-order chi connectivity index (χ0) is 19.2. The molecule has 0 N–H and O–H groups in total. The SMILES string of the molecule is COc1ccc(C=Nn2cnnc2SC)cc1COc1cc(C)ccc1C. The first-order chi connectivity index (χ1) is 13.1. The predicted octanol–water partition coefficient (Wildman–Crippen LogP) is 4.09. The first-order valence-electron chi connectivity index (χ1n) is 8.46. The van der Waals surface area contributed by atoms with Crippen molar-refractivity contribution in [1.82, 2.24) is 14.9 Å². The lowest BCUT2D eigenvalue weighted by molar-refractivity contribution is 0.294. The van der Waals surface area contributed by atoms with Crippen molar-refractivity contribution in [3.8, 4) is 11.5 Å². The number of hydrogen-bond acceptors (Lipinski definition) is 6. The molecule has 7 heteroatoms. The Morgan fingerprint density at radius 2 is 2.00 bits per heavy atom. The lowest BCUT2D eigenvalue weighted by atomic mass is 10.1. The van der Waals surface area contributed by atoms with Gasteiger partial charge in [-0.3, -0.25) is 0 Å². The van der Waals surface area contributed by atoms with Crippen LogP contribution in [0.5, 0.6) is 11.5 Å². The maximum Gasteiger partial charge on any atom is 0.211 e. The quantitative estimate of drug-likeness (QED) is 0.455. The van der Waals surface area contributed by atoms with Crippen LogP contribution in [0.4, 0.5) is 0 Å². The van der Waals surface area contributed by atoms with Gasteiger partial charge >= 0.3 is 0 Å². The van der Waals surface area contributed by atoms with Gasteiger partial charge in [-0.1, -0.05) is 23.9 Å². The summed E-state index contributed by atoms with van der Waals surface area (Å²) < 4.78 is 13.2. The van der Waals surface area contributed by atoms with Gasteiger partial charge in [0, 0.05) is 5.56 Å². The molecule has 0 saturated carbocycles. The van der Waals surface area contributed by atoms with Gasteiger partial charge in [0.1, 0.15) is 24.4 Å². The van der Waals surface area contributed by atoms with Gasteiger partial charge < -0.3 is 9.47 Å². The van der Waals surface area contributed by atoms with E-state index in [1.54, 1.807) is 24.3 Å². The Kier molecular flexibility index (Phi) is 6.13. The van der Waals surface area contributed by atoms with E-state index in [1.165, 1.54) is 17.3 Å². The average Bonchev–Trinajstić information content (AvgIpc) is 3.14. The Morgan fingerprint density at radius 1 is 1.15 bits per heavy atom. The molecule has 0 saturated heterocycles. The topological polar surface area (TPSA) is 61.5 Å². The van der Waals surface area contributed by atoms with Crippen LogP contribution in [-0.2, 0) is 6.61 Å². The number of rotatable bonds is 7. The first kappa shape index (κ1) is 19.0. The highest BCUT2D eigenvalue weighted by Crippen LogP contribution is 2.24. The minimum absolute atomic E-state index is 0.415. The fourth-order valence-corrected chi connectivity index (χ4v) is 2.98. The average molecular weight is 382 g/mol. The molecule has 0 amide bonds. The zero-order valence-corrected chi connectivity index (χ0v) is 16.7. The standard InChI is InChI=1S/C20H22N4O2S/c1-14-5-6-15(2)19(9-14)26-12-17-10-16(7-8-18(17)25-3)11-22-24-13-21-23-20(24)27-4/h5-11,13H,12H2,1-4H3. The van der Waals surface area contributed by atoms with Gasteiger partial charge in [-0.15, -0.1) is 10.2 Å². The Bertz CT molecular complexity index is 953. The second-order valence-corrected chi connectivity index (χ2v) is 6.81. The number of aromatic nitrogens is 3. The van der Waals surface area contributed by atoms with E-state index in [9.17, 15) is 0 Å². The predicted molar refractivity (Wildman–Crippen MR) is 108 cm³/mol. The minimum Gasteiger partial charge on any atom is -0.496 e. The number of methoxy groups -OCH3 is 1. The Balaban J connectivity index is 1.80. The smallest absolute Gasteiger partial charge is 0.211 e. The van der Waals surface area contributed by atoms with Crippen LogP contribution in [0, 0.1) is 13.8 Å². The zero-order valence-electron chi connectivity index (χ0n) is 15.8. The van der Waals surface area contributed by atoms with Crippen LogP contribution in [0.15, 0.2) is 53.0 Å². The lowest BCUT2D eigenvalue weighted by Crippen LogP contribution is -2.01. The highest BCUT2D eigenvalue weighted by Gasteiger charge is 2.07. The Hall–Kier alpha value is -2.80. The van der Waals surface area contributed by atoms with Crippen LogP contribution in [0.1, 0.15) is 22.3 Å². The Labute approximate surface area is 163 Å². The first-order valence-corrected chi connectivity index (χ1v) is 9.68. The second-order valence-electron chi connectivity index (χ2n) is 6.04. The second kappa shape index (κ2) is 8.73. The largest absolute Gasteiger partial charge is 0.496 e. The summed E-state index contributed by atoms with van der Waals surface area (Å²) in [7, 11) is 1.66. The lowest BCUT2D eigenvalue weighted by Gasteiger charge is -2.13. The molecule has 0 aliphatic carbocycles. The molecule has 27 heavy (non-hydrogen) atoms. The van der Waals surface area contributed by atoms with E-state index >= 15 is 0 Å². The summed E-state index contributed by atoms with van der Waals surface area (Å²) in [6.45, 7) is 4.51. The van der Waals surface area contributed by atoms with Gasteiger partial charge in [-0.25, -0.2) is 0 Å². The van der Waals surface area contributed by atoms with E-state index < -0.39 is 0 Å². The van der Waals surface area contributed by atoms with Crippen molar-refractivity contribution >= 4 is 18.0 Å². The van der Waals surface area contributed by atoms with Gasteiger partial charge in [0.15, 0.2) is 0 Å². The highest BCUT2D eigenvalue weighted by molar-refractivity contribution is 7.98. The monoisotopic (exact) mass is 382 g/mol. The van der Waals surface area contributed by atoms with Crippen LogP contribution in [-0.4, -0.2) is 34.5 Å². The van der Waals surface area contributed by atoms with Gasteiger partial charge in [0.2, 0.25) is 5.16 Å². The molecule has 0 radical (unpaired) electrons. The molecule has 0 atom stereocenters. The van der Waals surface area contributed by atoms with Gasteiger partial charge in [0.25, 0.3) is 0 Å². The Morgan fingerprint density at radius 3 is 2.78 bits per heavy atom. The summed E-state index contributed by atoms with van der Waals surface area (Å²) >= 11 is 1.49. The molecule has 0 aliphatic heterocycles. The maximum absolute atomic E-state index is 6.04. The van der Waals surface area contributed by atoms with E-state index in [0.717, 1.165) is 33.3 Å². The van der Waals surface area contributed by atoms with E-state index in [-0.39, 0.29) is 0 Å². The third-order valence-corrected chi connectivity index (χ3v) is 4.68. The molecule has 0 fully saturated rings. The molecular formula is C20H22N4O2S. The third kappa shape index (κ3) is 4.68. The molecule has 6 nitrogen and oxygen atoms in total. The molecule has 0 spiro atoms. The van der Waals surface area contributed by atoms with E-state index in [1.807, 2.05) is 37.4 Å². The number of thioether (sulfide) groups is 1. The molecule has 1 aromatic heterocycles. The van der Waals surface area contributed by atoms with Crippen LogP contribution < -0.4 is 9.47 Å². The number of hydrogen-bond donors (Lipinski definition) is 0. The van der Waals surface area contributed by atoms with Crippen molar-refractivity contribution < 1.29 is 9.47 Å². The number of ether oxygens (including phenoxy) is 2. The summed E-state index contributed by atoms with van der Waals surface area (Å²) in [5.74, 6) is 1.66. The molecule has 3 aromatic rings. The summed E-state index contributed by atoms with van der Waals surface area (Å²) in [6, 6.07) is 12.1. The van der Waals surface area contributed by atoms with Crippen molar-refractivity contribution in [2.75, 3.05) is 13.4 Å². The van der Waals surface area contributed by atoms with E-state index in [0.29, 0.717) is 6.61 Å². The molecule has 2 aromatic carbocycles. The van der Waals surface area contributed by atoms with Crippen molar-refractivity contribution in [1.29, 1.82) is 0 Å². The van der Waals surface area contributed by atoms with Crippen molar-refractivity contribution in [3.05, 3.63) is 65.0 Å². The molecule has 0 unspecified atom stereocenters. The van der Waals surface area contributed by atoms with E-state index in [2.05, 4.69) is 34.4 Å². The van der Waals surface area contributed by atoms with Crippen LogP contribution >= 0.6 is 11.8 Å². The summed E-state index contributed by atoms with van der Waals surface area (Å²) in [5.41, 5.74) is 4.17. The molecule has 0 aliphatic rings. The summed E-state index contributed by atoms with van der Waals surface area (Å²) in [5, 5.41) is 13.0. The summed E-state index contributed by atoms with van der Waals surface area (Å²) in [4.78, 5) is 0. The van der Waals surface area contributed by atoms with Gasteiger partial charge in [-0.05, 0) is 61.1 Å². The van der Waals surface area contributed by atoms with Gasteiger partial charge in [-0.2, -0.15) is 9.78 Å². The number of aryl methyl sites for hydroxylation is 2.